The summed E-state index contributed by atoms with van der Waals surface area (Å²) in [5.41, 5.74) is 0.395. The van der Waals surface area contributed by atoms with Crippen molar-refractivity contribution in [3.63, 3.8) is 0 Å². The van der Waals surface area contributed by atoms with Gasteiger partial charge in [0.1, 0.15) is 24.3 Å². The van der Waals surface area contributed by atoms with E-state index in [4.69, 9.17) is 4.74 Å². The first-order valence-electron chi connectivity index (χ1n) is 7.87. The van der Waals surface area contributed by atoms with Gasteiger partial charge < -0.3 is 15.4 Å². The average molecular weight is 340 g/mol. The molecule has 1 aromatic rings. The molecule has 132 valence electrons. The van der Waals surface area contributed by atoms with Crippen LogP contribution in [-0.4, -0.2) is 37.6 Å². The molecule has 5 nitrogen and oxygen atoms in total. The second kappa shape index (κ2) is 7.70. The third-order valence-electron chi connectivity index (χ3n) is 4.02. The summed E-state index contributed by atoms with van der Waals surface area (Å²) in [5.74, 6) is -2.20. The lowest BCUT2D eigenvalue weighted by atomic mass is 10.0. The van der Waals surface area contributed by atoms with Crippen LogP contribution in [0.1, 0.15) is 31.7 Å². The van der Waals surface area contributed by atoms with Crippen LogP contribution in [0.3, 0.4) is 0 Å². The van der Waals surface area contributed by atoms with Crippen LogP contribution in [0.25, 0.3) is 0 Å². The summed E-state index contributed by atoms with van der Waals surface area (Å²) in [6, 6.07) is 2.55. The van der Waals surface area contributed by atoms with Gasteiger partial charge in [0.2, 0.25) is 11.8 Å². The maximum atomic E-state index is 13.8. The van der Waals surface area contributed by atoms with Crippen LogP contribution in [0.2, 0.25) is 0 Å². The highest BCUT2D eigenvalue weighted by Gasteiger charge is 2.42. The van der Waals surface area contributed by atoms with Crippen molar-refractivity contribution < 1.29 is 23.1 Å². The summed E-state index contributed by atoms with van der Waals surface area (Å²) >= 11 is 0. The van der Waals surface area contributed by atoms with Gasteiger partial charge in [0.15, 0.2) is 0 Å². The Morgan fingerprint density at radius 2 is 2.04 bits per heavy atom. The van der Waals surface area contributed by atoms with Crippen LogP contribution in [0.4, 0.5) is 8.78 Å². The molecule has 0 radical (unpaired) electrons. The van der Waals surface area contributed by atoms with Crippen molar-refractivity contribution in [1.82, 2.24) is 10.6 Å². The number of carbonyl (C=O) groups excluding carboxylic acids is 2. The number of methoxy groups -OCH3 is 1. The molecule has 2 rings (SSSR count). The zero-order chi connectivity index (χ0) is 17.9. The third-order valence-corrected chi connectivity index (χ3v) is 4.02. The largest absolute Gasteiger partial charge is 0.375 e. The fourth-order valence-electron chi connectivity index (χ4n) is 2.65. The van der Waals surface area contributed by atoms with Crippen LogP contribution >= 0.6 is 0 Å². The molecule has 0 heterocycles. The highest BCUT2D eigenvalue weighted by molar-refractivity contribution is 5.88. The van der Waals surface area contributed by atoms with E-state index in [0.717, 1.165) is 6.07 Å². The van der Waals surface area contributed by atoms with Crippen molar-refractivity contribution in [2.24, 2.45) is 5.92 Å². The molecule has 1 aromatic carbocycles. The number of benzene rings is 1. The first-order chi connectivity index (χ1) is 11.3. The van der Waals surface area contributed by atoms with Gasteiger partial charge in [0, 0.05) is 25.1 Å². The lowest BCUT2D eigenvalue weighted by molar-refractivity contribution is -0.132. The van der Waals surface area contributed by atoms with Crippen LogP contribution in [0.15, 0.2) is 18.2 Å². The second-order valence-corrected chi connectivity index (χ2v) is 6.35. The minimum absolute atomic E-state index is 0.106. The second-order valence-electron chi connectivity index (χ2n) is 6.35. The minimum atomic E-state index is -0.688. The zero-order valence-corrected chi connectivity index (χ0v) is 13.9. The number of nitrogens with one attached hydrogen (secondary N) is 2. The monoisotopic (exact) mass is 340 g/mol. The van der Waals surface area contributed by atoms with Crippen LogP contribution < -0.4 is 10.6 Å². The van der Waals surface area contributed by atoms with Gasteiger partial charge in [-0.05, 0) is 24.0 Å². The summed E-state index contributed by atoms with van der Waals surface area (Å²) in [5, 5.41) is 5.44. The van der Waals surface area contributed by atoms with Crippen molar-refractivity contribution in [3.8, 4) is 0 Å². The smallest absolute Gasteiger partial charge is 0.246 e. The molecular weight excluding hydrogens is 318 g/mol. The number of amides is 2. The molecule has 0 saturated heterocycles. The molecule has 7 heteroatoms. The maximum Gasteiger partial charge on any atom is 0.246 e. The van der Waals surface area contributed by atoms with Crippen LogP contribution in [-0.2, 0) is 14.3 Å². The number of hydrogen-bond donors (Lipinski definition) is 2. The number of carbonyl (C=O) groups is 2. The Morgan fingerprint density at radius 3 is 2.62 bits per heavy atom. The molecule has 1 aliphatic rings. The molecule has 2 amide bonds. The van der Waals surface area contributed by atoms with Crippen LogP contribution in [0, 0.1) is 17.6 Å². The summed E-state index contributed by atoms with van der Waals surface area (Å²) in [7, 11) is 1.40. The van der Waals surface area contributed by atoms with E-state index in [-0.39, 0.29) is 36.3 Å². The molecule has 0 spiro atoms. The van der Waals surface area contributed by atoms with E-state index in [1.807, 2.05) is 13.8 Å². The lowest BCUT2D eigenvalue weighted by Crippen LogP contribution is -2.51. The molecule has 1 fully saturated rings. The Bertz CT molecular complexity index is 622. The van der Waals surface area contributed by atoms with Gasteiger partial charge in [0.05, 0.1) is 0 Å². The normalized spacial score (nSPS) is 20.6. The van der Waals surface area contributed by atoms with Gasteiger partial charge in [0.25, 0.3) is 0 Å². The van der Waals surface area contributed by atoms with Gasteiger partial charge in [-0.25, -0.2) is 8.78 Å². The number of halogens is 2. The van der Waals surface area contributed by atoms with E-state index < -0.39 is 17.7 Å². The number of rotatable bonds is 7. The van der Waals surface area contributed by atoms with Crippen molar-refractivity contribution in [2.75, 3.05) is 13.7 Å². The van der Waals surface area contributed by atoms with Crippen LogP contribution in [0.5, 0.6) is 0 Å². The fraction of sp³-hybridized carbons (Fsp3) is 0.529. The molecule has 0 aliphatic heterocycles. The van der Waals surface area contributed by atoms with Crippen molar-refractivity contribution >= 4 is 11.8 Å². The third kappa shape index (κ3) is 4.50. The SMILES string of the molecule is COCC(=O)N[C@H](C(=O)N[C@@H]1C[C@H]1c1ccc(F)cc1F)C(C)C. The summed E-state index contributed by atoms with van der Waals surface area (Å²) in [6.45, 7) is 3.52. The van der Waals surface area contributed by atoms with Crippen molar-refractivity contribution in [2.45, 2.75) is 38.3 Å². The van der Waals surface area contributed by atoms with E-state index >= 15 is 0 Å². The highest BCUT2D eigenvalue weighted by Crippen LogP contribution is 2.42. The Balaban J connectivity index is 1.95. The molecule has 1 saturated carbocycles. The highest BCUT2D eigenvalue weighted by atomic mass is 19.1. The predicted molar refractivity (Wildman–Crippen MR) is 84.3 cm³/mol. The molecule has 0 bridgehead atoms. The fourth-order valence-corrected chi connectivity index (χ4v) is 2.65. The predicted octanol–water partition coefficient (Wildman–Crippen LogP) is 1.72. The van der Waals surface area contributed by atoms with E-state index in [1.165, 1.54) is 19.2 Å². The molecule has 2 N–H and O–H groups in total. The van der Waals surface area contributed by atoms with Crippen molar-refractivity contribution in [1.29, 1.82) is 0 Å². The van der Waals surface area contributed by atoms with Gasteiger partial charge in [-0.1, -0.05) is 19.9 Å². The molecule has 0 unspecified atom stereocenters. The maximum absolute atomic E-state index is 13.8. The quantitative estimate of drug-likeness (QED) is 0.794. The molecule has 1 aliphatic carbocycles. The summed E-state index contributed by atoms with van der Waals surface area (Å²) in [4.78, 5) is 24.0. The Hall–Kier alpha value is -2.02. The first-order valence-corrected chi connectivity index (χ1v) is 7.87. The van der Waals surface area contributed by atoms with E-state index in [9.17, 15) is 18.4 Å². The van der Waals surface area contributed by atoms with Gasteiger partial charge in [-0.15, -0.1) is 0 Å². The topological polar surface area (TPSA) is 67.4 Å². The molecular formula is C17H22F2N2O3. The summed E-state index contributed by atoms with van der Waals surface area (Å²) < 4.78 is 31.5. The van der Waals surface area contributed by atoms with Gasteiger partial charge >= 0.3 is 0 Å². The van der Waals surface area contributed by atoms with Crippen molar-refractivity contribution in [3.05, 3.63) is 35.4 Å². The Morgan fingerprint density at radius 1 is 1.33 bits per heavy atom. The number of hydrogen-bond acceptors (Lipinski definition) is 3. The molecule has 3 atom stereocenters. The van der Waals surface area contributed by atoms with E-state index in [0.29, 0.717) is 12.0 Å². The molecule has 24 heavy (non-hydrogen) atoms. The van der Waals surface area contributed by atoms with Gasteiger partial charge in [-0.3, -0.25) is 9.59 Å². The summed E-state index contributed by atoms with van der Waals surface area (Å²) in [6.07, 6.45) is 0.588. The Kier molecular flexibility index (Phi) is 5.88. The van der Waals surface area contributed by atoms with E-state index in [2.05, 4.69) is 10.6 Å². The standard InChI is InChI=1S/C17H22F2N2O3/c1-9(2)16(21-15(22)8-24-3)17(23)20-14-7-12(14)11-5-4-10(18)6-13(11)19/h4-6,9,12,14,16H,7-8H2,1-3H3,(H,20,23)(H,21,22)/t12-,14+,16-/m0/s1. The molecule has 0 aromatic heterocycles. The van der Waals surface area contributed by atoms with E-state index in [1.54, 1.807) is 0 Å². The first kappa shape index (κ1) is 18.3. The lowest BCUT2D eigenvalue weighted by Gasteiger charge is -2.21. The minimum Gasteiger partial charge on any atom is -0.375 e. The van der Waals surface area contributed by atoms with Gasteiger partial charge in [-0.2, -0.15) is 0 Å². The zero-order valence-electron chi connectivity index (χ0n) is 13.9. The Labute approximate surface area is 139 Å². The average Bonchev–Trinajstić information content (AvgIpc) is 3.23. The number of ether oxygens (including phenoxy) is 1.